The molecular formula is C14H18F3IN6. The van der Waals surface area contributed by atoms with Gasteiger partial charge in [-0.3, -0.25) is 14.7 Å². The zero-order valence-electron chi connectivity index (χ0n) is 13.1. The van der Waals surface area contributed by atoms with Crippen molar-refractivity contribution in [3.05, 3.63) is 47.5 Å². The maximum atomic E-state index is 12.9. The van der Waals surface area contributed by atoms with E-state index >= 15 is 0 Å². The fraction of sp³-hybridized carbons (Fsp3) is 0.357. The molecule has 132 valence electrons. The quantitative estimate of drug-likeness (QED) is 0.423. The molecule has 0 aliphatic rings. The predicted octanol–water partition coefficient (Wildman–Crippen LogP) is 2.32. The van der Waals surface area contributed by atoms with E-state index in [9.17, 15) is 13.2 Å². The lowest BCUT2D eigenvalue weighted by Gasteiger charge is -2.12. The summed E-state index contributed by atoms with van der Waals surface area (Å²) >= 11 is 0. The first kappa shape index (κ1) is 20.2. The highest BCUT2D eigenvalue weighted by Crippen LogP contribution is 2.30. The molecule has 10 heteroatoms. The van der Waals surface area contributed by atoms with Gasteiger partial charge in [0.15, 0.2) is 11.7 Å². The molecule has 0 saturated carbocycles. The van der Waals surface area contributed by atoms with Crippen molar-refractivity contribution in [2.45, 2.75) is 19.3 Å². The van der Waals surface area contributed by atoms with Gasteiger partial charge in [-0.2, -0.15) is 18.3 Å². The fourth-order valence-corrected chi connectivity index (χ4v) is 1.98. The van der Waals surface area contributed by atoms with Gasteiger partial charge in [0.1, 0.15) is 0 Å². The highest BCUT2D eigenvalue weighted by atomic mass is 127. The number of guanidine groups is 1. The van der Waals surface area contributed by atoms with Crippen LogP contribution in [0.1, 0.15) is 17.0 Å². The Labute approximate surface area is 154 Å². The van der Waals surface area contributed by atoms with Gasteiger partial charge in [-0.25, -0.2) is 0 Å². The second-order valence-corrected chi connectivity index (χ2v) is 4.77. The molecule has 0 saturated heterocycles. The monoisotopic (exact) mass is 454 g/mol. The minimum Gasteiger partial charge on any atom is -0.352 e. The number of pyridine rings is 1. The first-order valence-electron chi connectivity index (χ1n) is 6.84. The molecule has 0 aliphatic heterocycles. The van der Waals surface area contributed by atoms with Gasteiger partial charge in [0.05, 0.1) is 12.2 Å². The van der Waals surface area contributed by atoms with Crippen molar-refractivity contribution in [3.8, 4) is 0 Å². The molecule has 2 aromatic rings. The number of aryl methyl sites for hydroxylation is 1. The lowest BCUT2D eigenvalue weighted by atomic mass is 10.2. The minimum atomic E-state index is -4.48. The number of nitrogens with one attached hydrogen (secondary N) is 2. The van der Waals surface area contributed by atoms with E-state index in [4.69, 9.17) is 0 Å². The van der Waals surface area contributed by atoms with Crippen LogP contribution in [-0.2, 0) is 26.3 Å². The zero-order chi connectivity index (χ0) is 16.9. The third-order valence-corrected chi connectivity index (χ3v) is 3.01. The molecule has 2 aromatic heterocycles. The summed E-state index contributed by atoms with van der Waals surface area (Å²) in [5.41, 5.74) is -0.0405. The van der Waals surface area contributed by atoms with Crippen LogP contribution in [0.2, 0.25) is 0 Å². The van der Waals surface area contributed by atoms with E-state index in [1.807, 2.05) is 12.1 Å². The van der Waals surface area contributed by atoms with Gasteiger partial charge < -0.3 is 10.6 Å². The topological polar surface area (TPSA) is 67.1 Å². The molecule has 0 bridgehead atoms. The van der Waals surface area contributed by atoms with Crippen molar-refractivity contribution in [3.63, 3.8) is 0 Å². The molecule has 2 rings (SSSR count). The summed E-state index contributed by atoms with van der Waals surface area (Å²) in [6, 6.07) is 5.49. The van der Waals surface area contributed by atoms with Gasteiger partial charge in [-0.05, 0) is 12.1 Å². The van der Waals surface area contributed by atoms with Crippen LogP contribution in [0, 0.1) is 0 Å². The third kappa shape index (κ3) is 5.65. The van der Waals surface area contributed by atoms with Crippen molar-refractivity contribution in [2.24, 2.45) is 12.0 Å². The van der Waals surface area contributed by atoms with Crippen molar-refractivity contribution in [2.75, 3.05) is 7.05 Å². The van der Waals surface area contributed by atoms with Gasteiger partial charge in [0, 0.05) is 38.6 Å². The summed E-state index contributed by atoms with van der Waals surface area (Å²) in [6.45, 7) is 0.379. The first-order valence-corrected chi connectivity index (χ1v) is 6.84. The van der Waals surface area contributed by atoms with E-state index < -0.39 is 11.9 Å². The number of alkyl halides is 3. The van der Waals surface area contributed by atoms with E-state index in [0.29, 0.717) is 12.5 Å². The van der Waals surface area contributed by atoms with E-state index in [-0.39, 0.29) is 36.1 Å². The van der Waals surface area contributed by atoms with Crippen LogP contribution in [0.4, 0.5) is 13.2 Å². The van der Waals surface area contributed by atoms with Gasteiger partial charge in [0.25, 0.3) is 0 Å². The normalized spacial score (nSPS) is 11.8. The summed E-state index contributed by atoms with van der Waals surface area (Å²) in [5.74, 6) is 0.382. The maximum absolute atomic E-state index is 12.9. The number of aromatic nitrogens is 3. The summed E-state index contributed by atoms with van der Waals surface area (Å²) in [5, 5.41) is 9.29. The molecule has 24 heavy (non-hydrogen) atoms. The van der Waals surface area contributed by atoms with Gasteiger partial charge in [-0.15, -0.1) is 24.0 Å². The molecule has 0 aliphatic carbocycles. The summed E-state index contributed by atoms with van der Waals surface area (Å²) in [4.78, 5) is 8.12. The van der Waals surface area contributed by atoms with Crippen molar-refractivity contribution in [1.29, 1.82) is 0 Å². The standard InChI is InChI=1S/C14H17F3N6.HI/c1-18-13(21-8-11-5-3-4-6-19-11)20-7-10-9-23(2)22-12(10)14(15,16)17;/h3-6,9H,7-8H2,1-2H3,(H2,18,20,21);1H. The Hall–Kier alpha value is -1.85. The smallest absolute Gasteiger partial charge is 0.352 e. The predicted molar refractivity (Wildman–Crippen MR) is 94.9 cm³/mol. The van der Waals surface area contributed by atoms with Crippen molar-refractivity contribution >= 4 is 29.9 Å². The van der Waals surface area contributed by atoms with E-state index in [1.165, 1.54) is 13.2 Å². The lowest BCUT2D eigenvalue weighted by molar-refractivity contribution is -0.142. The van der Waals surface area contributed by atoms with Gasteiger partial charge >= 0.3 is 6.18 Å². The number of nitrogens with zero attached hydrogens (tertiary/aromatic N) is 4. The molecule has 2 heterocycles. The number of hydrogen-bond acceptors (Lipinski definition) is 3. The van der Waals surface area contributed by atoms with Crippen molar-refractivity contribution < 1.29 is 13.2 Å². The second-order valence-electron chi connectivity index (χ2n) is 4.77. The van der Waals surface area contributed by atoms with Crippen LogP contribution >= 0.6 is 24.0 Å². The lowest BCUT2D eigenvalue weighted by Crippen LogP contribution is -2.36. The molecule has 0 unspecified atom stereocenters. The Morgan fingerprint density at radius 2 is 1.96 bits per heavy atom. The minimum absolute atomic E-state index is 0. The maximum Gasteiger partial charge on any atom is 0.435 e. The Kier molecular flexibility index (Phi) is 7.45. The number of aliphatic imine (C=N–C) groups is 1. The molecule has 6 nitrogen and oxygen atoms in total. The molecule has 2 N–H and O–H groups in total. The molecule has 0 aromatic carbocycles. The van der Waals surface area contributed by atoms with Crippen LogP contribution in [0.25, 0.3) is 0 Å². The van der Waals surface area contributed by atoms with Crippen LogP contribution in [-0.4, -0.2) is 27.8 Å². The fourth-order valence-electron chi connectivity index (χ4n) is 1.98. The highest BCUT2D eigenvalue weighted by Gasteiger charge is 2.36. The second kappa shape index (κ2) is 8.85. The molecule has 0 amide bonds. The van der Waals surface area contributed by atoms with Gasteiger partial charge in [0.2, 0.25) is 0 Å². The molecule has 0 fully saturated rings. The van der Waals surface area contributed by atoms with Crippen LogP contribution < -0.4 is 10.6 Å². The SMILES string of the molecule is CN=C(NCc1ccccn1)NCc1cn(C)nc1C(F)(F)F.I. The Balaban J connectivity index is 0.00000288. The third-order valence-electron chi connectivity index (χ3n) is 3.01. The number of halogens is 4. The van der Waals surface area contributed by atoms with Crippen LogP contribution in [0.5, 0.6) is 0 Å². The first-order chi connectivity index (χ1) is 10.9. The molecular weight excluding hydrogens is 436 g/mol. The summed E-state index contributed by atoms with van der Waals surface area (Å²) in [7, 11) is 2.99. The van der Waals surface area contributed by atoms with Gasteiger partial charge in [-0.1, -0.05) is 6.07 Å². The highest BCUT2D eigenvalue weighted by molar-refractivity contribution is 14.0. The zero-order valence-corrected chi connectivity index (χ0v) is 15.5. The molecule has 0 atom stereocenters. The largest absolute Gasteiger partial charge is 0.435 e. The average molecular weight is 454 g/mol. The Morgan fingerprint density at radius 1 is 1.25 bits per heavy atom. The van der Waals surface area contributed by atoms with E-state index in [1.54, 1.807) is 19.3 Å². The molecule has 0 radical (unpaired) electrons. The summed E-state index contributed by atoms with van der Waals surface area (Å²) in [6.07, 6.45) is -1.48. The van der Waals surface area contributed by atoms with E-state index in [0.717, 1.165) is 10.4 Å². The van der Waals surface area contributed by atoms with Crippen molar-refractivity contribution in [1.82, 2.24) is 25.4 Å². The number of hydrogen-bond donors (Lipinski definition) is 2. The summed E-state index contributed by atoms with van der Waals surface area (Å²) < 4.78 is 39.8. The molecule has 0 spiro atoms. The van der Waals surface area contributed by atoms with Crippen LogP contribution in [0.15, 0.2) is 35.6 Å². The Morgan fingerprint density at radius 3 is 2.54 bits per heavy atom. The van der Waals surface area contributed by atoms with E-state index in [2.05, 4.69) is 25.7 Å². The van der Waals surface area contributed by atoms with Crippen LogP contribution in [0.3, 0.4) is 0 Å². The number of rotatable bonds is 4. The average Bonchev–Trinajstić information content (AvgIpc) is 2.90. The Bertz CT molecular complexity index is 669.